The molecule has 3 heterocycles. The van der Waals surface area contributed by atoms with Crippen LogP contribution in [-0.4, -0.2) is 31.2 Å². The van der Waals surface area contributed by atoms with Crippen molar-refractivity contribution in [2.24, 2.45) is 0 Å². The number of rotatable bonds is 6. The van der Waals surface area contributed by atoms with Crippen LogP contribution in [0.15, 0.2) is 102 Å². The highest BCUT2D eigenvalue weighted by molar-refractivity contribution is 5.85. The standard InChI is InChI=1S/C29H24N6O2/c1-37-23-17-15-22(16-18-23)35-28(36)25-27(33-29(35)31-24-14-8-9-19-30-24)34(21-12-6-3-7-13-21)26(32-25)20-10-4-2-5-11-20/h2,4-6,8-19H,3,7H2,1H3,(H,30,31,33). The largest absolute Gasteiger partial charge is 0.497 e. The molecule has 0 saturated heterocycles. The van der Waals surface area contributed by atoms with E-state index in [4.69, 9.17) is 14.7 Å². The van der Waals surface area contributed by atoms with Crippen LogP contribution in [0, 0.1) is 0 Å². The molecular formula is C29H24N6O2. The van der Waals surface area contributed by atoms with E-state index in [1.807, 2.05) is 77.4 Å². The number of benzene rings is 2. The van der Waals surface area contributed by atoms with Crippen LogP contribution in [0.4, 0.5) is 11.8 Å². The maximum absolute atomic E-state index is 14.1. The molecule has 0 unspecified atom stereocenters. The van der Waals surface area contributed by atoms with E-state index in [1.165, 1.54) is 4.57 Å². The second-order valence-electron chi connectivity index (χ2n) is 8.53. The average molecular weight is 489 g/mol. The Morgan fingerprint density at radius 3 is 2.41 bits per heavy atom. The summed E-state index contributed by atoms with van der Waals surface area (Å²) in [5, 5.41) is 3.24. The van der Waals surface area contributed by atoms with Gasteiger partial charge >= 0.3 is 0 Å². The molecular weight excluding hydrogens is 464 g/mol. The van der Waals surface area contributed by atoms with Crippen LogP contribution in [0.2, 0.25) is 0 Å². The molecule has 5 aromatic rings. The van der Waals surface area contributed by atoms with Gasteiger partial charge in [0.1, 0.15) is 17.4 Å². The Morgan fingerprint density at radius 1 is 0.892 bits per heavy atom. The van der Waals surface area contributed by atoms with Crippen LogP contribution in [0.25, 0.3) is 33.9 Å². The van der Waals surface area contributed by atoms with Gasteiger partial charge in [0.15, 0.2) is 11.2 Å². The monoisotopic (exact) mass is 488 g/mol. The number of fused-ring (bicyclic) bond motifs is 1. The molecule has 3 aromatic heterocycles. The quantitative estimate of drug-likeness (QED) is 0.335. The van der Waals surface area contributed by atoms with Gasteiger partial charge in [-0.15, -0.1) is 0 Å². The van der Waals surface area contributed by atoms with Crippen molar-refractivity contribution in [2.75, 3.05) is 12.4 Å². The minimum Gasteiger partial charge on any atom is -0.497 e. The summed E-state index contributed by atoms with van der Waals surface area (Å²) in [6.45, 7) is 0. The van der Waals surface area contributed by atoms with Gasteiger partial charge < -0.3 is 10.1 Å². The number of methoxy groups -OCH3 is 1. The van der Waals surface area contributed by atoms with Crippen LogP contribution in [0.1, 0.15) is 12.8 Å². The predicted octanol–water partition coefficient (Wildman–Crippen LogP) is 5.59. The van der Waals surface area contributed by atoms with Gasteiger partial charge in [0.2, 0.25) is 5.95 Å². The molecule has 6 rings (SSSR count). The first kappa shape index (κ1) is 22.5. The van der Waals surface area contributed by atoms with E-state index in [0.717, 1.165) is 24.1 Å². The molecule has 2 aromatic carbocycles. The maximum Gasteiger partial charge on any atom is 0.287 e. The zero-order valence-corrected chi connectivity index (χ0v) is 20.2. The van der Waals surface area contributed by atoms with Gasteiger partial charge in [-0.2, -0.15) is 4.98 Å². The summed E-state index contributed by atoms with van der Waals surface area (Å²) in [6, 6.07) is 22.6. The van der Waals surface area contributed by atoms with E-state index in [0.29, 0.717) is 34.7 Å². The number of pyridine rings is 1. The first-order valence-electron chi connectivity index (χ1n) is 12.0. The Balaban J connectivity index is 1.65. The Hall–Kier alpha value is -4.98. The minimum atomic E-state index is -0.287. The number of hydrogen-bond donors (Lipinski definition) is 1. The van der Waals surface area contributed by atoms with Gasteiger partial charge in [0.05, 0.1) is 12.8 Å². The Bertz CT molecular complexity index is 1680. The summed E-state index contributed by atoms with van der Waals surface area (Å²) >= 11 is 0. The van der Waals surface area contributed by atoms with E-state index >= 15 is 0 Å². The van der Waals surface area contributed by atoms with E-state index in [9.17, 15) is 4.79 Å². The molecule has 0 radical (unpaired) electrons. The fourth-order valence-corrected chi connectivity index (χ4v) is 4.41. The van der Waals surface area contributed by atoms with Crippen molar-refractivity contribution in [3.05, 3.63) is 108 Å². The summed E-state index contributed by atoms with van der Waals surface area (Å²) in [5.41, 5.74) is 2.93. The molecule has 0 saturated carbocycles. The molecule has 182 valence electrons. The summed E-state index contributed by atoms with van der Waals surface area (Å²) in [6.07, 6.45) is 9.89. The molecule has 8 nitrogen and oxygen atoms in total. The lowest BCUT2D eigenvalue weighted by atomic mass is 10.1. The molecule has 0 atom stereocenters. The normalized spacial score (nSPS) is 12.9. The topological polar surface area (TPSA) is 86.9 Å². The van der Waals surface area contributed by atoms with Gasteiger partial charge in [-0.25, -0.2) is 14.5 Å². The highest BCUT2D eigenvalue weighted by Crippen LogP contribution is 2.30. The Kier molecular flexibility index (Phi) is 5.82. The molecule has 1 aliphatic carbocycles. The Labute approximate surface area is 213 Å². The third kappa shape index (κ3) is 4.18. The molecule has 0 fully saturated rings. The smallest absolute Gasteiger partial charge is 0.287 e. The number of aromatic nitrogens is 5. The lowest BCUT2D eigenvalue weighted by Crippen LogP contribution is -2.23. The van der Waals surface area contributed by atoms with Crippen molar-refractivity contribution in [1.29, 1.82) is 0 Å². The van der Waals surface area contributed by atoms with Crippen LogP contribution >= 0.6 is 0 Å². The number of ether oxygens (including phenoxy) is 1. The lowest BCUT2D eigenvalue weighted by molar-refractivity contribution is 0.414. The fraction of sp³-hybridized carbons (Fsp3) is 0.103. The summed E-state index contributed by atoms with van der Waals surface area (Å²) in [7, 11) is 1.61. The van der Waals surface area contributed by atoms with Crippen LogP contribution in [-0.2, 0) is 0 Å². The molecule has 0 amide bonds. The Morgan fingerprint density at radius 2 is 1.70 bits per heavy atom. The fourth-order valence-electron chi connectivity index (χ4n) is 4.41. The van der Waals surface area contributed by atoms with Crippen molar-refractivity contribution in [2.45, 2.75) is 12.8 Å². The summed E-state index contributed by atoms with van der Waals surface area (Å²) in [5.74, 6) is 2.26. The molecule has 1 N–H and O–H groups in total. The van der Waals surface area contributed by atoms with Gasteiger partial charge in [-0.3, -0.25) is 9.36 Å². The van der Waals surface area contributed by atoms with Crippen molar-refractivity contribution >= 4 is 28.6 Å². The first-order chi connectivity index (χ1) is 18.2. The summed E-state index contributed by atoms with van der Waals surface area (Å²) in [4.78, 5) is 28.3. The highest BCUT2D eigenvalue weighted by Gasteiger charge is 2.23. The van der Waals surface area contributed by atoms with Crippen molar-refractivity contribution in [3.63, 3.8) is 0 Å². The predicted molar refractivity (Wildman–Crippen MR) is 145 cm³/mol. The third-order valence-corrected chi connectivity index (χ3v) is 6.18. The highest BCUT2D eigenvalue weighted by atomic mass is 16.5. The number of hydrogen-bond acceptors (Lipinski definition) is 6. The van der Waals surface area contributed by atoms with Crippen molar-refractivity contribution < 1.29 is 4.74 Å². The average Bonchev–Trinajstić information content (AvgIpc) is 3.35. The van der Waals surface area contributed by atoms with Crippen molar-refractivity contribution in [3.8, 4) is 22.8 Å². The minimum absolute atomic E-state index is 0.279. The van der Waals surface area contributed by atoms with Gasteiger partial charge in [-0.05, 0) is 55.3 Å². The number of allylic oxidation sites excluding steroid dienone is 4. The number of nitrogens with one attached hydrogen (secondary N) is 1. The molecule has 0 spiro atoms. The van der Waals surface area contributed by atoms with E-state index in [2.05, 4.69) is 28.5 Å². The third-order valence-electron chi connectivity index (χ3n) is 6.18. The summed E-state index contributed by atoms with van der Waals surface area (Å²) < 4.78 is 8.79. The van der Waals surface area contributed by atoms with Gasteiger partial charge in [-0.1, -0.05) is 48.6 Å². The van der Waals surface area contributed by atoms with E-state index in [-0.39, 0.29) is 11.1 Å². The molecule has 0 aliphatic heterocycles. The number of imidazole rings is 1. The second kappa shape index (κ2) is 9.58. The van der Waals surface area contributed by atoms with Crippen molar-refractivity contribution in [1.82, 2.24) is 24.1 Å². The van der Waals surface area contributed by atoms with E-state index in [1.54, 1.807) is 13.3 Å². The SMILES string of the molecule is COc1ccc(-n2c(Nc3ccccn3)nc3c(nc(-c4ccccc4)n3C3=CCCC=C3)c2=O)cc1. The molecule has 1 aliphatic rings. The number of anilines is 2. The van der Waals surface area contributed by atoms with Gasteiger partial charge in [0, 0.05) is 17.5 Å². The molecule has 37 heavy (non-hydrogen) atoms. The molecule has 0 bridgehead atoms. The zero-order valence-electron chi connectivity index (χ0n) is 20.2. The van der Waals surface area contributed by atoms with Crippen LogP contribution in [0.3, 0.4) is 0 Å². The maximum atomic E-state index is 14.1. The van der Waals surface area contributed by atoms with Crippen LogP contribution in [0.5, 0.6) is 5.75 Å². The first-order valence-corrected chi connectivity index (χ1v) is 12.0. The van der Waals surface area contributed by atoms with E-state index < -0.39 is 0 Å². The number of nitrogens with zero attached hydrogens (tertiary/aromatic N) is 5. The zero-order chi connectivity index (χ0) is 25.2. The van der Waals surface area contributed by atoms with Gasteiger partial charge in [0.25, 0.3) is 5.56 Å². The second-order valence-corrected chi connectivity index (χ2v) is 8.53. The van der Waals surface area contributed by atoms with Crippen LogP contribution < -0.4 is 15.6 Å². The molecule has 8 heteroatoms. The lowest BCUT2D eigenvalue weighted by Gasteiger charge is -2.16.